The standard InChI is InChI=1S/C11H15F3N4O/c1-7(5-9(15)17-19)18(2)10-6-8(3-4-16-10)11(12,13)14/h3-4,6-7,19H,5H2,1-2H3,(H2,15,17). The molecule has 5 nitrogen and oxygen atoms in total. The molecule has 1 unspecified atom stereocenters. The maximum atomic E-state index is 12.6. The first kappa shape index (κ1) is 15.1. The van der Waals surface area contributed by atoms with Crippen molar-refractivity contribution in [2.75, 3.05) is 11.9 Å². The van der Waals surface area contributed by atoms with Crippen molar-refractivity contribution in [3.8, 4) is 0 Å². The second kappa shape index (κ2) is 5.77. The van der Waals surface area contributed by atoms with E-state index in [0.29, 0.717) is 0 Å². The maximum Gasteiger partial charge on any atom is 0.416 e. The summed E-state index contributed by atoms with van der Waals surface area (Å²) in [7, 11) is 1.60. The van der Waals surface area contributed by atoms with Crippen molar-refractivity contribution >= 4 is 11.7 Å². The lowest BCUT2D eigenvalue weighted by molar-refractivity contribution is -0.137. The molecule has 0 radical (unpaired) electrons. The van der Waals surface area contributed by atoms with Crippen molar-refractivity contribution in [2.45, 2.75) is 25.6 Å². The molecular weight excluding hydrogens is 261 g/mol. The average molecular weight is 276 g/mol. The number of pyridine rings is 1. The summed E-state index contributed by atoms with van der Waals surface area (Å²) in [5.41, 5.74) is 4.60. The molecule has 1 heterocycles. The van der Waals surface area contributed by atoms with Gasteiger partial charge >= 0.3 is 6.18 Å². The van der Waals surface area contributed by atoms with Crippen molar-refractivity contribution in [1.29, 1.82) is 0 Å². The Kier molecular flexibility index (Phi) is 4.57. The van der Waals surface area contributed by atoms with Crippen LogP contribution in [0.3, 0.4) is 0 Å². The van der Waals surface area contributed by atoms with Crippen LogP contribution in [-0.4, -0.2) is 29.1 Å². The summed E-state index contributed by atoms with van der Waals surface area (Å²) in [6, 6.07) is 1.61. The van der Waals surface area contributed by atoms with Gasteiger partial charge in [0, 0.05) is 25.7 Å². The number of anilines is 1. The lowest BCUT2D eigenvalue weighted by atomic mass is 10.2. The first-order valence-corrected chi connectivity index (χ1v) is 5.48. The number of aromatic nitrogens is 1. The molecule has 0 bridgehead atoms. The molecule has 0 aliphatic carbocycles. The molecule has 0 amide bonds. The number of nitrogens with two attached hydrogens (primary N) is 1. The van der Waals surface area contributed by atoms with E-state index in [9.17, 15) is 13.2 Å². The largest absolute Gasteiger partial charge is 0.416 e. The van der Waals surface area contributed by atoms with Gasteiger partial charge in [-0.2, -0.15) is 13.2 Å². The van der Waals surface area contributed by atoms with Crippen molar-refractivity contribution in [2.24, 2.45) is 10.9 Å². The summed E-state index contributed by atoms with van der Waals surface area (Å²) in [4.78, 5) is 5.42. The highest BCUT2D eigenvalue weighted by molar-refractivity contribution is 5.80. The number of hydrogen-bond acceptors (Lipinski definition) is 4. The van der Waals surface area contributed by atoms with E-state index < -0.39 is 11.7 Å². The van der Waals surface area contributed by atoms with Crippen LogP contribution < -0.4 is 10.6 Å². The van der Waals surface area contributed by atoms with E-state index in [0.717, 1.165) is 18.3 Å². The fraction of sp³-hybridized carbons (Fsp3) is 0.455. The van der Waals surface area contributed by atoms with Gasteiger partial charge in [0.05, 0.1) is 5.56 Å². The Morgan fingerprint density at radius 2 is 2.21 bits per heavy atom. The molecule has 1 rings (SSSR count). The van der Waals surface area contributed by atoms with Gasteiger partial charge in [0.15, 0.2) is 0 Å². The van der Waals surface area contributed by atoms with E-state index in [1.54, 1.807) is 14.0 Å². The van der Waals surface area contributed by atoms with Gasteiger partial charge in [0.1, 0.15) is 11.7 Å². The number of nitrogens with zero attached hydrogens (tertiary/aromatic N) is 3. The van der Waals surface area contributed by atoms with Gasteiger partial charge in [-0.1, -0.05) is 5.16 Å². The summed E-state index contributed by atoms with van der Waals surface area (Å²) >= 11 is 0. The van der Waals surface area contributed by atoms with Crippen molar-refractivity contribution < 1.29 is 18.4 Å². The van der Waals surface area contributed by atoms with E-state index >= 15 is 0 Å². The molecule has 8 heteroatoms. The van der Waals surface area contributed by atoms with E-state index in [2.05, 4.69) is 10.1 Å². The van der Waals surface area contributed by atoms with Gasteiger partial charge in [-0.3, -0.25) is 0 Å². The third-order valence-electron chi connectivity index (χ3n) is 2.73. The molecule has 3 N–H and O–H groups in total. The molecule has 0 saturated heterocycles. The molecule has 1 aromatic heterocycles. The lowest BCUT2D eigenvalue weighted by Crippen LogP contribution is -2.33. The van der Waals surface area contributed by atoms with Gasteiger partial charge in [-0.25, -0.2) is 4.98 Å². The summed E-state index contributed by atoms with van der Waals surface area (Å²) < 4.78 is 37.7. The molecule has 1 aromatic rings. The SMILES string of the molecule is CC(CC(N)=NO)N(C)c1cc(C(F)(F)F)ccn1. The van der Waals surface area contributed by atoms with Crippen molar-refractivity contribution in [3.63, 3.8) is 0 Å². The number of alkyl halides is 3. The predicted molar refractivity (Wildman–Crippen MR) is 65.1 cm³/mol. The Balaban J connectivity index is 2.91. The Labute approximate surface area is 108 Å². The number of halogens is 3. The fourth-order valence-electron chi connectivity index (χ4n) is 1.49. The highest BCUT2D eigenvalue weighted by atomic mass is 19.4. The van der Waals surface area contributed by atoms with Gasteiger partial charge < -0.3 is 15.8 Å². The normalized spacial score (nSPS) is 14.3. The smallest absolute Gasteiger partial charge is 0.409 e. The van der Waals surface area contributed by atoms with Gasteiger partial charge in [0.2, 0.25) is 0 Å². The topological polar surface area (TPSA) is 74.7 Å². The second-order valence-electron chi connectivity index (χ2n) is 4.16. The number of oxime groups is 1. The molecule has 0 fully saturated rings. The summed E-state index contributed by atoms with van der Waals surface area (Å²) in [6.45, 7) is 1.74. The van der Waals surface area contributed by atoms with E-state index in [1.807, 2.05) is 0 Å². The Hall–Kier alpha value is -1.99. The van der Waals surface area contributed by atoms with E-state index in [4.69, 9.17) is 10.9 Å². The van der Waals surface area contributed by atoms with Crippen LogP contribution in [0.4, 0.5) is 19.0 Å². The predicted octanol–water partition coefficient (Wildman–Crippen LogP) is 2.06. The van der Waals surface area contributed by atoms with Crippen LogP contribution in [0.1, 0.15) is 18.9 Å². The Morgan fingerprint density at radius 1 is 1.58 bits per heavy atom. The third kappa shape index (κ3) is 4.01. The minimum absolute atomic E-state index is 0.00586. The first-order chi connectivity index (χ1) is 8.75. The van der Waals surface area contributed by atoms with Gasteiger partial charge in [-0.05, 0) is 19.1 Å². The molecule has 0 spiro atoms. The van der Waals surface area contributed by atoms with Gasteiger partial charge in [-0.15, -0.1) is 0 Å². The van der Waals surface area contributed by atoms with E-state index in [-0.39, 0.29) is 24.1 Å². The first-order valence-electron chi connectivity index (χ1n) is 5.48. The zero-order valence-electron chi connectivity index (χ0n) is 10.5. The molecule has 0 aromatic carbocycles. The average Bonchev–Trinajstić information content (AvgIpc) is 2.36. The van der Waals surface area contributed by atoms with Crippen molar-refractivity contribution in [1.82, 2.24) is 4.98 Å². The van der Waals surface area contributed by atoms with Crippen LogP contribution in [0, 0.1) is 0 Å². The lowest BCUT2D eigenvalue weighted by Gasteiger charge is -2.26. The molecule has 0 aliphatic heterocycles. The number of amidine groups is 1. The molecule has 0 aliphatic rings. The summed E-state index contributed by atoms with van der Waals surface area (Å²) in [6.07, 6.45) is -3.09. The van der Waals surface area contributed by atoms with Gasteiger partial charge in [0.25, 0.3) is 0 Å². The van der Waals surface area contributed by atoms with Crippen LogP contribution in [-0.2, 0) is 6.18 Å². The number of rotatable bonds is 4. The summed E-state index contributed by atoms with van der Waals surface area (Å²) in [5.74, 6) is 0.180. The Morgan fingerprint density at radius 3 is 2.74 bits per heavy atom. The minimum Gasteiger partial charge on any atom is -0.409 e. The minimum atomic E-state index is -4.41. The second-order valence-corrected chi connectivity index (χ2v) is 4.16. The Bertz CT molecular complexity index is 461. The fourth-order valence-corrected chi connectivity index (χ4v) is 1.49. The van der Waals surface area contributed by atoms with Crippen LogP contribution in [0.25, 0.3) is 0 Å². The van der Waals surface area contributed by atoms with Crippen LogP contribution in [0.2, 0.25) is 0 Å². The van der Waals surface area contributed by atoms with Crippen molar-refractivity contribution in [3.05, 3.63) is 23.9 Å². The maximum absolute atomic E-state index is 12.6. The highest BCUT2D eigenvalue weighted by Crippen LogP contribution is 2.30. The molecule has 19 heavy (non-hydrogen) atoms. The summed E-state index contributed by atoms with van der Waals surface area (Å²) in [5, 5.41) is 11.3. The van der Waals surface area contributed by atoms with Crippen LogP contribution in [0.15, 0.2) is 23.5 Å². The highest BCUT2D eigenvalue weighted by Gasteiger charge is 2.31. The quantitative estimate of drug-likeness (QED) is 0.382. The molecular formula is C11H15F3N4O. The zero-order chi connectivity index (χ0) is 14.6. The van der Waals surface area contributed by atoms with Crippen LogP contribution >= 0.6 is 0 Å². The molecule has 1 atom stereocenters. The zero-order valence-corrected chi connectivity index (χ0v) is 10.5. The van der Waals surface area contributed by atoms with E-state index in [1.165, 1.54) is 4.90 Å². The third-order valence-corrected chi connectivity index (χ3v) is 2.73. The van der Waals surface area contributed by atoms with Crippen LogP contribution in [0.5, 0.6) is 0 Å². The monoisotopic (exact) mass is 276 g/mol. The molecule has 0 saturated carbocycles. The molecule has 106 valence electrons. The number of hydrogen-bond donors (Lipinski definition) is 2.